The van der Waals surface area contributed by atoms with Crippen molar-refractivity contribution in [2.75, 3.05) is 6.61 Å². The smallest absolute Gasteiger partial charge is 0.338 e. The fourth-order valence-corrected chi connectivity index (χ4v) is 8.91. The molecule has 2 fully saturated rings. The summed E-state index contributed by atoms with van der Waals surface area (Å²) in [6, 6.07) is 7.73. The number of aliphatic hydroxyl groups is 3. The molecular weight excluding hydrogens is 684 g/mol. The second-order valence-corrected chi connectivity index (χ2v) is 14.6. The van der Waals surface area contributed by atoms with Crippen LogP contribution in [0.3, 0.4) is 0 Å². The highest BCUT2D eigenvalue weighted by atomic mass is 16.6. The molecular formula is C37H48O15. The molecule has 0 spiro atoms. The van der Waals surface area contributed by atoms with Crippen LogP contribution in [0.1, 0.15) is 85.5 Å². The number of fused-ring (bicyclic) bond motifs is 2. The van der Waals surface area contributed by atoms with Crippen molar-refractivity contribution in [2.24, 2.45) is 16.7 Å². The van der Waals surface area contributed by atoms with Crippen LogP contribution in [0.25, 0.3) is 0 Å². The van der Waals surface area contributed by atoms with E-state index in [1.165, 1.54) is 32.9 Å². The van der Waals surface area contributed by atoms with Gasteiger partial charge in [-0.3, -0.25) is 24.0 Å². The molecule has 0 aromatic heterocycles. The highest BCUT2D eigenvalue weighted by Gasteiger charge is 2.78. The molecule has 0 amide bonds. The van der Waals surface area contributed by atoms with Crippen molar-refractivity contribution in [2.45, 2.75) is 123 Å². The number of carbonyl (C=O) groups is 6. The lowest BCUT2D eigenvalue weighted by molar-refractivity contribution is -0.291. The molecule has 0 heterocycles. The molecule has 3 N–H and O–H groups in total. The van der Waals surface area contributed by atoms with Crippen LogP contribution >= 0.6 is 0 Å². The average Bonchev–Trinajstić information content (AvgIpc) is 3.28. The third kappa shape index (κ3) is 6.93. The van der Waals surface area contributed by atoms with Gasteiger partial charge in [-0.25, -0.2) is 4.79 Å². The summed E-state index contributed by atoms with van der Waals surface area (Å²) in [6.45, 7) is 10.1. The standard InChI is InChI=1S/C37H48O15/c1-18-25(47-19(2)39)16-36(34(7,8)45)28(18)29(50-22(5)42)31(51-23(6)43)35(9)26(48-20(3)40)15-27(49-21(4)41)37(46,17-38)30(35)32(36)52-33(44)24-13-11-10-12-14-24/h10-14,25-27,29-32,38,45-46H,15-17H2,1-9H3/t25-,26-,27-,29+,30-,31-,32-,35+,36-,37-/m0/s1. The van der Waals surface area contributed by atoms with Gasteiger partial charge in [-0.1, -0.05) is 25.1 Å². The molecule has 1 aromatic rings. The van der Waals surface area contributed by atoms with E-state index in [0.717, 1.165) is 34.6 Å². The van der Waals surface area contributed by atoms with E-state index in [9.17, 15) is 44.1 Å². The lowest BCUT2D eigenvalue weighted by atomic mass is 9.50. The maximum Gasteiger partial charge on any atom is 0.338 e. The first-order chi connectivity index (χ1) is 24.1. The first-order valence-corrected chi connectivity index (χ1v) is 16.9. The minimum absolute atomic E-state index is 0.0417. The number of aliphatic hydroxyl groups excluding tert-OH is 1. The Morgan fingerprint density at radius 3 is 1.77 bits per heavy atom. The summed E-state index contributed by atoms with van der Waals surface area (Å²) in [4.78, 5) is 78.2. The monoisotopic (exact) mass is 732 g/mol. The Labute approximate surface area is 301 Å². The first-order valence-electron chi connectivity index (χ1n) is 16.9. The van der Waals surface area contributed by atoms with Gasteiger partial charge in [-0.05, 0) is 44.1 Å². The molecule has 0 saturated heterocycles. The normalized spacial score (nSPS) is 34.1. The largest absolute Gasteiger partial charge is 0.462 e. The molecule has 52 heavy (non-hydrogen) atoms. The lowest BCUT2D eigenvalue weighted by Gasteiger charge is -2.60. The zero-order valence-corrected chi connectivity index (χ0v) is 30.8. The van der Waals surface area contributed by atoms with Crippen LogP contribution in [-0.2, 0) is 52.4 Å². The van der Waals surface area contributed by atoms with Crippen molar-refractivity contribution in [1.82, 2.24) is 0 Å². The number of rotatable bonds is 9. The molecule has 0 unspecified atom stereocenters. The Morgan fingerprint density at radius 1 is 0.769 bits per heavy atom. The van der Waals surface area contributed by atoms with E-state index in [2.05, 4.69) is 0 Å². The van der Waals surface area contributed by atoms with Gasteiger partial charge in [0.05, 0.1) is 28.6 Å². The summed E-state index contributed by atoms with van der Waals surface area (Å²) in [5.41, 5.74) is -8.27. The van der Waals surface area contributed by atoms with E-state index in [4.69, 9.17) is 28.4 Å². The SMILES string of the molecule is CC(=O)O[C@H]1C[C@]2(C(C)(C)O)C(=C1C)[C@@H](OC(C)=O)[C@H](OC(C)=O)[C@]1(C)[C@@H](OC(C)=O)C[C@H](OC(C)=O)[C@@](O)(CO)[C@H]1[C@@H]2OC(=O)c1ccccc1. The zero-order chi connectivity index (χ0) is 39.1. The van der Waals surface area contributed by atoms with Crippen molar-refractivity contribution in [3.05, 3.63) is 47.0 Å². The maximum absolute atomic E-state index is 14.2. The van der Waals surface area contributed by atoms with Gasteiger partial charge in [-0.15, -0.1) is 0 Å². The van der Waals surface area contributed by atoms with E-state index in [-0.39, 0.29) is 23.1 Å². The number of hydrogen-bond acceptors (Lipinski definition) is 15. The van der Waals surface area contributed by atoms with Crippen molar-refractivity contribution >= 4 is 35.8 Å². The number of carbonyl (C=O) groups excluding carboxylic acids is 6. The van der Waals surface area contributed by atoms with Crippen molar-refractivity contribution in [1.29, 1.82) is 0 Å². The summed E-state index contributed by atoms with van der Waals surface area (Å²) in [7, 11) is 0. The summed E-state index contributed by atoms with van der Waals surface area (Å²) in [5.74, 6) is -6.94. The number of hydrogen-bond donors (Lipinski definition) is 3. The first kappa shape index (κ1) is 40.4. The van der Waals surface area contributed by atoms with Crippen LogP contribution < -0.4 is 0 Å². The molecule has 0 bridgehead atoms. The van der Waals surface area contributed by atoms with Crippen molar-refractivity contribution < 1.29 is 72.5 Å². The van der Waals surface area contributed by atoms with Crippen LogP contribution in [0.4, 0.5) is 0 Å². The predicted octanol–water partition coefficient (Wildman–Crippen LogP) is 2.11. The number of ether oxygens (including phenoxy) is 6. The Hall–Kier alpha value is -4.34. The van der Waals surface area contributed by atoms with Gasteiger partial charge < -0.3 is 43.7 Å². The van der Waals surface area contributed by atoms with Crippen LogP contribution in [0.2, 0.25) is 0 Å². The summed E-state index contributed by atoms with van der Waals surface area (Å²) in [5, 5.41) is 36.6. The second-order valence-electron chi connectivity index (χ2n) is 14.6. The summed E-state index contributed by atoms with van der Waals surface area (Å²) < 4.78 is 35.7. The molecule has 2 saturated carbocycles. The lowest BCUT2D eigenvalue weighted by Crippen LogP contribution is -2.74. The Bertz CT molecular complexity index is 1630. The van der Waals surface area contributed by atoms with Gasteiger partial charge in [0, 0.05) is 53.4 Å². The summed E-state index contributed by atoms with van der Waals surface area (Å²) in [6.07, 6.45) is -10.2. The molecule has 1 aromatic carbocycles. The Balaban J connectivity index is 2.29. The van der Waals surface area contributed by atoms with E-state index in [1.807, 2.05) is 0 Å². The summed E-state index contributed by atoms with van der Waals surface area (Å²) >= 11 is 0. The molecule has 3 aliphatic carbocycles. The van der Waals surface area contributed by atoms with Crippen LogP contribution in [0, 0.1) is 16.7 Å². The third-order valence-electron chi connectivity index (χ3n) is 10.8. The topological polar surface area (TPSA) is 218 Å². The molecule has 0 radical (unpaired) electrons. The van der Waals surface area contributed by atoms with Gasteiger partial charge in [0.1, 0.15) is 30.0 Å². The van der Waals surface area contributed by atoms with Crippen molar-refractivity contribution in [3.63, 3.8) is 0 Å². The van der Waals surface area contributed by atoms with E-state index >= 15 is 0 Å². The number of esters is 6. The average molecular weight is 733 g/mol. The molecule has 286 valence electrons. The highest BCUT2D eigenvalue weighted by molar-refractivity contribution is 5.89. The van der Waals surface area contributed by atoms with E-state index in [1.54, 1.807) is 25.1 Å². The van der Waals surface area contributed by atoms with E-state index < -0.39 is 113 Å². The van der Waals surface area contributed by atoms with Gasteiger partial charge in [0.25, 0.3) is 0 Å². The van der Waals surface area contributed by atoms with Crippen LogP contribution in [0.5, 0.6) is 0 Å². The minimum Gasteiger partial charge on any atom is -0.462 e. The van der Waals surface area contributed by atoms with Gasteiger partial charge >= 0.3 is 35.8 Å². The Kier molecular flexibility index (Phi) is 11.3. The zero-order valence-electron chi connectivity index (χ0n) is 30.8. The van der Waals surface area contributed by atoms with E-state index in [0.29, 0.717) is 0 Å². The molecule has 4 rings (SSSR count). The van der Waals surface area contributed by atoms with Crippen molar-refractivity contribution in [3.8, 4) is 0 Å². The molecule has 3 aliphatic rings. The van der Waals surface area contributed by atoms with Gasteiger partial charge in [-0.2, -0.15) is 0 Å². The maximum atomic E-state index is 14.2. The second kappa shape index (κ2) is 14.6. The molecule has 10 atom stereocenters. The van der Waals surface area contributed by atoms with Crippen LogP contribution in [0.15, 0.2) is 41.5 Å². The molecule has 15 nitrogen and oxygen atoms in total. The number of benzene rings is 1. The predicted molar refractivity (Wildman–Crippen MR) is 178 cm³/mol. The molecule has 15 heteroatoms. The fourth-order valence-electron chi connectivity index (χ4n) is 8.91. The van der Waals surface area contributed by atoms with Crippen LogP contribution in [-0.4, -0.2) is 106 Å². The Morgan fingerprint density at radius 2 is 1.29 bits per heavy atom. The highest BCUT2D eigenvalue weighted by Crippen LogP contribution is 2.67. The fraction of sp³-hybridized carbons (Fsp3) is 0.622. The van der Waals surface area contributed by atoms with Gasteiger partial charge in [0.2, 0.25) is 0 Å². The van der Waals surface area contributed by atoms with Gasteiger partial charge in [0.15, 0.2) is 12.2 Å². The quantitative estimate of drug-likeness (QED) is 0.188. The molecule has 0 aliphatic heterocycles. The third-order valence-corrected chi connectivity index (χ3v) is 10.8. The minimum atomic E-state index is -2.60.